The molecule has 0 amide bonds. The lowest BCUT2D eigenvalue weighted by molar-refractivity contribution is 0.628. The number of aryl methyl sites for hydroxylation is 1. The molecule has 0 aliphatic carbocycles. The van der Waals surface area contributed by atoms with Gasteiger partial charge in [0.2, 0.25) is 0 Å². The van der Waals surface area contributed by atoms with E-state index < -0.39 is 0 Å². The number of fused-ring (bicyclic) bond motifs is 4. The molecule has 1 aliphatic heterocycles. The van der Waals surface area contributed by atoms with Crippen LogP contribution in [0.1, 0.15) is 57.2 Å². The highest BCUT2D eigenvalue weighted by Crippen LogP contribution is 2.51. The van der Waals surface area contributed by atoms with Crippen LogP contribution in [0.5, 0.6) is 0 Å². The Morgan fingerprint density at radius 3 is 2.27 bits per heavy atom. The quantitative estimate of drug-likeness (QED) is 0.152. The molecule has 40 heavy (non-hydrogen) atoms. The summed E-state index contributed by atoms with van der Waals surface area (Å²) in [7, 11) is 0. The molecule has 0 spiro atoms. The van der Waals surface area contributed by atoms with Crippen LogP contribution in [0.2, 0.25) is 0 Å². The van der Waals surface area contributed by atoms with Crippen molar-refractivity contribution in [1.82, 2.24) is 0 Å². The monoisotopic (exact) mass is 545 g/mol. The SMILES string of the molecule is C=C(/C=C/C=C1/N(CCCCSC)c2ccc3ccccc3c2C1(C)C)C(C)(C)c1c(C)ccc2ccccc12. The van der Waals surface area contributed by atoms with E-state index in [9.17, 15) is 0 Å². The van der Waals surface area contributed by atoms with Gasteiger partial charge in [-0.25, -0.2) is 0 Å². The third kappa shape index (κ3) is 5.03. The van der Waals surface area contributed by atoms with Crippen molar-refractivity contribution in [2.45, 2.75) is 58.3 Å². The first-order chi connectivity index (χ1) is 19.2. The molecular formula is C38H43NS. The van der Waals surface area contributed by atoms with Gasteiger partial charge in [0.1, 0.15) is 0 Å². The van der Waals surface area contributed by atoms with Crippen LogP contribution >= 0.6 is 11.8 Å². The summed E-state index contributed by atoms with van der Waals surface area (Å²) >= 11 is 1.94. The number of benzene rings is 4. The summed E-state index contributed by atoms with van der Waals surface area (Å²) in [4.78, 5) is 2.58. The van der Waals surface area contributed by atoms with Crippen molar-refractivity contribution < 1.29 is 0 Å². The first-order valence-electron chi connectivity index (χ1n) is 14.5. The number of unbranched alkanes of at least 4 members (excludes halogenated alkanes) is 1. The highest BCUT2D eigenvalue weighted by atomic mass is 32.2. The van der Waals surface area contributed by atoms with Gasteiger partial charge in [0.05, 0.1) is 0 Å². The normalized spacial score (nSPS) is 15.9. The molecule has 206 valence electrons. The summed E-state index contributed by atoms with van der Waals surface area (Å²) in [5.41, 5.74) is 7.68. The Bertz CT molecular complexity index is 1620. The fourth-order valence-electron chi connectivity index (χ4n) is 6.63. The number of rotatable bonds is 9. The Labute approximate surface area is 245 Å². The van der Waals surface area contributed by atoms with Gasteiger partial charge in [-0.3, -0.25) is 0 Å². The summed E-state index contributed by atoms with van der Waals surface area (Å²) in [6, 6.07) is 26.6. The number of hydrogen-bond donors (Lipinski definition) is 0. The van der Waals surface area contributed by atoms with Crippen molar-refractivity contribution in [2.75, 3.05) is 23.5 Å². The van der Waals surface area contributed by atoms with E-state index in [1.165, 1.54) is 68.2 Å². The molecule has 2 heteroatoms. The molecule has 0 fully saturated rings. The number of allylic oxidation sites excluding steroid dienone is 5. The molecular weight excluding hydrogens is 502 g/mol. The maximum atomic E-state index is 4.59. The molecule has 1 nitrogen and oxygen atoms in total. The predicted molar refractivity (Wildman–Crippen MR) is 180 cm³/mol. The molecule has 4 aromatic carbocycles. The fraction of sp³-hybridized carbons (Fsp3) is 0.316. The third-order valence-corrected chi connectivity index (χ3v) is 9.55. The van der Waals surface area contributed by atoms with Crippen LogP contribution in [0.3, 0.4) is 0 Å². The van der Waals surface area contributed by atoms with Crippen LogP contribution in [0.25, 0.3) is 21.5 Å². The van der Waals surface area contributed by atoms with Crippen molar-refractivity contribution in [1.29, 1.82) is 0 Å². The second-order valence-electron chi connectivity index (χ2n) is 12.2. The van der Waals surface area contributed by atoms with Crippen LogP contribution in [-0.4, -0.2) is 18.6 Å². The molecule has 4 aromatic rings. The number of anilines is 1. The standard InChI is InChI=1S/C38H43NS/c1-27-21-22-29-16-8-10-18-31(29)35(27)37(3,4)28(2)15-14-20-34-38(5,6)36-32-19-11-9-17-30(32)23-24-33(36)39(34)25-12-13-26-40-7/h8-11,14-24H,2,12-13,25-26H2,1,3-7H3/b15-14+,34-20+. The molecule has 0 atom stereocenters. The van der Waals surface area contributed by atoms with Crippen molar-refractivity contribution in [3.8, 4) is 0 Å². The van der Waals surface area contributed by atoms with Crippen molar-refractivity contribution >= 4 is 39.0 Å². The Morgan fingerprint density at radius 2 is 1.55 bits per heavy atom. The maximum Gasteiger partial charge on any atom is 0.0457 e. The average molecular weight is 546 g/mol. The smallest absolute Gasteiger partial charge is 0.0457 e. The van der Waals surface area contributed by atoms with Gasteiger partial charge in [0.15, 0.2) is 0 Å². The molecule has 0 saturated heterocycles. The zero-order valence-corrected chi connectivity index (χ0v) is 25.9. The highest BCUT2D eigenvalue weighted by molar-refractivity contribution is 7.98. The average Bonchev–Trinajstić information content (AvgIpc) is 3.16. The van der Waals surface area contributed by atoms with Crippen LogP contribution in [0, 0.1) is 6.92 Å². The van der Waals surface area contributed by atoms with E-state index in [0.29, 0.717) is 0 Å². The van der Waals surface area contributed by atoms with Crippen LogP contribution < -0.4 is 4.90 Å². The molecule has 0 radical (unpaired) electrons. The minimum atomic E-state index is -0.193. The first kappa shape index (κ1) is 28.3. The number of hydrogen-bond acceptors (Lipinski definition) is 2. The summed E-state index contributed by atoms with van der Waals surface area (Å²) in [5.74, 6) is 1.21. The van der Waals surface area contributed by atoms with Crippen molar-refractivity contribution in [3.05, 3.63) is 126 Å². The summed E-state index contributed by atoms with van der Waals surface area (Å²) in [6.45, 7) is 17.2. The molecule has 0 unspecified atom stereocenters. The van der Waals surface area contributed by atoms with Crippen LogP contribution in [0.15, 0.2) is 109 Å². The molecule has 1 heterocycles. The molecule has 0 N–H and O–H groups in total. The molecule has 1 aliphatic rings. The van der Waals surface area contributed by atoms with E-state index in [4.69, 9.17) is 0 Å². The zero-order chi connectivity index (χ0) is 28.5. The summed E-state index contributed by atoms with van der Waals surface area (Å²) in [6.07, 6.45) is 11.4. The second kappa shape index (κ2) is 11.3. The minimum absolute atomic E-state index is 0.0941. The molecule has 0 saturated carbocycles. The molecule has 5 rings (SSSR count). The van der Waals surface area contributed by atoms with Gasteiger partial charge >= 0.3 is 0 Å². The van der Waals surface area contributed by atoms with E-state index in [1.807, 2.05) is 11.8 Å². The number of thioether (sulfide) groups is 1. The highest BCUT2D eigenvalue weighted by Gasteiger charge is 2.40. The lowest BCUT2D eigenvalue weighted by Crippen LogP contribution is -2.27. The van der Waals surface area contributed by atoms with Gasteiger partial charge in [0, 0.05) is 28.8 Å². The third-order valence-electron chi connectivity index (χ3n) is 8.85. The topological polar surface area (TPSA) is 3.24 Å². The van der Waals surface area contributed by atoms with E-state index in [-0.39, 0.29) is 10.8 Å². The van der Waals surface area contributed by atoms with Gasteiger partial charge in [-0.05, 0) is 87.7 Å². The summed E-state index contributed by atoms with van der Waals surface area (Å²) in [5, 5.41) is 5.28. The van der Waals surface area contributed by atoms with Crippen LogP contribution in [-0.2, 0) is 10.8 Å². The van der Waals surface area contributed by atoms with Crippen LogP contribution in [0.4, 0.5) is 5.69 Å². The Hall–Kier alpha value is -3.23. The zero-order valence-electron chi connectivity index (χ0n) is 25.1. The predicted octanol–water partition coefficient (Wildman–Crippen LogP) is 10.5. The summed E-state index contributed by atoms with van der Waals surface area (Å²) < 4.78 is 0. The van der Waals surface area contributed by atoms with E-state index in [2.05, 4.69) is 143 Å². The van der Waals surface area contributed by atoms with Gasteiger partial charge in [-0.1, -0.05) is 113 Å². The Kier molecular flexibility index (Phi) is 8.02. The second-order valence-corrected chi connectivity index (χ2v) is 13.2. The van der Waals surface area contributed by atoms with Crippen molar-refractivity contribution in [3.63, 3.8) is 0 Å². The Balaban J connectivity index is 1.51. The van der Waals surface area contributed by atoms with Gasteiger partial charge in [-0.2, -0.15) is 11.8 Å². The maximum absolute atomic E-state index is 4.59. The minimum Gasteiger partial charge on any atom is -0.344 e. The van der Waals surface area contributed by atoms with Gasteiger partial charge in [-0.15, -0.1) is 0 Å². The lowest BCUT2D eigenvalue weighted by Gasteiger charge is -2.30. The van der Waals surface area contributed by atoms with E-state index >= 15 is 0 Å². The fourth-order valence-corrected chi connectivity index (χ4v) is 7.12. The largest absolute Gasteiger partial charge is 0.344 e. The first-order valence-corrected chi connectivity index (χ1v) is 15.9. The molecule has 0 bridgehead atoms. The van der Waals surface area contributed by atoms with Gasteiger partial charge < -0.3 is 4.90 Å². The van der Waals surface area contributed by atoms with Gasteiger partial charge in [0.25, 0.3) is 0 Å². The van der Waals surface area contributed by atoms with E-state index in [1.54, 1.807) is 0 Å². The lowest BCUT2D eigenvalue weighted by atomic mass is 9.74. The molecule has 0 aromatic heterocycles. The number of nitrogens with zero attached hydrogens (tertiary/aromatic N) is 1. The van der Waals surface area contributed by atoms with Crippen molar-refractivity contribution in [2.24, 2.45) is 0 Å². The van der Waals surface area contributed by atoms with E-state index in [0.717, 1.165) is 12.1 Å². The Morgan fingerprint density at radius 1 is 0.900 bits per heavy atom.